The Morgan fingerprint density at radius 1 is 1.62 bits per heavy atom. The smallest absolute Gasteiger partial charge is 0.320 e. The molecule has 0 aromatic carbocycles. The minimum Gasteiger partial charge on any atom is -0.320 e. The average Bonchev–Trinajstić information content (AvgIpc) is 2.16. The van der Waals surface area contributed by atoms with Gasteiger partial charge >= 0.3 is 7.75 Å². The Hall–Kier alpha value is -0.460. The summed E-state index contributed by atoms with van der Waals surface area (Å²) in [5, 5.41) is 0. The van der Waals surface area contributed by atoms with E-state index in [-0.39, 0.29) is 5.92 Å². The summed E-state index contributed by atoms with van der Waals surface area (Å²) in [6.07, 6.45) is 0.502. The van der Waals surface area contributed by atoms with Gasteiger partial charge in [0.25, 0.3) is 5.91 Å². The number of amides is 1. The Morgan fingerprint density at radius 2 is 2.12 bits per heavy atom. The third kappa shape index (κ3) is 5.05. The lowest BCUT2D eigenvalue weighted by Crippen LogP contribution is -2.47. The van der Waals surface area contributed by atoms with Crippen molar-refractivity contribution < 1.29 is 18.8 Å². The summed E-state index contributed by atoms with van der Waals surface area (Å²) in [6.45, 7) is 3.87. The van der Waals surface area contributed by atoms with Gasteiger partial charge in [-0.2, -0.15) is 0 Å². The molecule has 96 valence electrons. The highest BCUT2D eigenvalue weighted by molar-refractivity contribution is 7.50. The van der Waals surface area contributed by atoms with Gasteiger partial charge in [0.2, 0.25) is 0 Å². The van der Waals surface area contributed by atoms with Crippen molar-refractivity contribution >= 4 is 13.7 Å². The fourth-order valence-corrected chi connectivity index (χ4v) is 1.51. The Labute approximate surface area is 95.5 Å². The van der Waals surface area contributed by atoms with E-state index in [9.17, 15) is 14.3 Å². The molecule has 0 aliphatic carbocycles. The van der Waals surface area contributed by atoms with Gasteiger partial charge in [-0.3, -0.25) is 14.7 Å². The predicted octanol–water partition coefficient (Wildman–Crippen LogP) is 0.0696. The van der Waals surface area contributed by atoms with E-state index in [0.29, 0.717) is 6.42 Å². The minimum absolute atomic E-state index is 0.273. The second-order valence-electron chi connectivity index (χ2n) is 3.91. The van der Waals surface area contributed by atoms with Crippen LogP contribution in [0.2, 0.25) is 0 Å². The average molecular weight is 253 g/mol. The molecule has 8 heteroatoms. The maximum atomic E-state index is 11.5. The maximum Gasteiger partial charge on any atom is 0.422 e. The Morgan fingerprint density at radius 3 is 2.50 bits per heavy atom. The van der Waals surface area contributed by atoms with Crippen LogP contribution in [0.4, 0.5) is 0 Å². The van der Waals surface area contributed by atoms with E-state index in [1.807, 2.05) is 13.8 Å². The van der Waals surface area contributed by atoms with Gasteiger partial charge in [0.15, 0.2) is 0 Å². The first kappa shape index (κ1) is 15.5. The Balaban J connectivity index is 4.30. The molecule has 0 heterocycles. The molecule has 0 rings (SSSR count). The highest BCUT2D eigenvalue weighted by Crippen LogP contribution is 2.42. The summed E-state index contributed by atoms with van der Waals surface area (Å²) < 4.78 is 16.3. The zero-order chi connectivity index (χ0) is 12.9. The summed E-state index contributed by atoms with van der Waals surface area (Å²) in [4.78, 5) is 20.7. The third-order valence-corrected chi connectivity index (χ3v) is 3.28. The van der Waals surface area contributed by atoms with Gasteiger partial charge in [-0.15, -0.1) is 4.78 Å². The molecule has 16 heavy (non-hydrogen) atoms. The lowest BCUT2D eigenvalue weighted by atomic mass is 10.0. The standard InChI is InChI=1S/C8H20N3O4P/c1-6(2)5-7(9)8(12)10-11(3)16(13,14)15-4/h6-7H,5,9H2,1-4H3,(H,10,12)(H,13,14). The van der Waals surface area contributed by atoms with Crippen LogP contribution in [0.1, 0.15) is 20.3 Å². The molecule has 7 nitrogen and oxygen atoms in total. The van der Waals surface area contributed by atoms with Crippen LogP contribution in [0.25, 0.3) is 0 Å². The molecular weight excluding hydrogens is 233 g/mol. The van der Waals surface area contributed by atoms with Gasteiger partial charge in [-0.1, -0.05) is 13.8 Å². The first-order valence-corrected chi connectivity index (χ1v) is 6.42. The van der Waals surface area contributed by atoms with Gasteiger partial charge in [0.1, 0.15) is 0 Å². The summed E-state index contributed by atoms with van der Waals surface area (Å²) in [5.74, 6) is -0.239. The van der Waals surface area contributed by atoms with E-state index >= 15 is 0 Å². The van der Waals surface area contributed by atoms with Gasteiger partial charge in [-0.25, -0.2) is 4.57 Å². The van der Waals surface area contributed by atoms with Gasteiger partial charge in [0.05, 0.1) is 6.04 Å². The Kier molecular flexibility index (Phi) is 6.14. The fourth-order valence-electron chi connectivity index (χ4n) is 1.04. The van der Waals surface area contributed by atoms with Crippen molar-refractivity contribution in [2.24, 2.45) is 11.7 Å². The highest BCUT2D eigenvalue weighted by atomic mass is 31.2. The number of rotatable bonds is 6. The number of nitrogens with zero attached hydrogens (tertiary/aromatic N) is 1. The van der Waals surface area contributed by atoms with Crippen LogP contribution in [0.15, 0.2) is 0 Å². The van der Waals surface area contributed by atoms with Gasteiger partial charge in [-0.05, 0) is 12.3 Å². The summed E-state index contributed by atoms with van der Waals surface area (Å²) >= 11 is 0. The molecule has 0 saturated carbocycles. The van der Waals surface area contributed by atoms with Crippen molar-refractivity contribution in [3.8, 4) is 0 Å². The first-order chi connectivity index (χ1) is 7.20. The van der Waals surface area contributed by atoms with Crippen LogP contribution in [0.3, 0.4) is 0 Å². The van der Waals surface area contributed by atoms with Crippen molar-refractivity contribution in [2.75, 3.05) is 14.2 Å². The second kappa shape index (κ2) is 6.32. The summed E-state index contributed by atoms with van der Waals surface area (Å²) in [5.41, 5.74) is 7.81. The first-order valence-electron chi connectivity index (χ1n) is 4.89. The summed E-state index contributed by atoms with van der Waals surface area (Å²) in [7, 11) is -1.63. The number of nitrogens with one attached hydrogen (secondary N) is 1. The van der Waals surface area contributed by atoms with Crippen LogP contribution in [0, 0.1) is 5.92 Å². The number of hydrazine groups is 1. The molecule has 0 aromatic heterocycles. The maximum absolute atomic E-state index is 11.5. The van der Waals surface area contributed by atoms with Crippen molar-refractivity contribution in [1.29, 1.82) is 0 Å². The van der Waals surface area contributed by atoms with Crippen LogP contribution in [0.5, 0.6) is 0 Å². The SMILES string of the molecule is COP(=O)(O)N(C)NC(=O)C(N)CC(C)C. The van der Waals surface area contributed by atoms with Crippen LogP contribution in [-0.2, 0) is 13.9 Å². The van der Waals surface area contributed by atoms with Crippen molar-refractivity contribution in [1.82, 2.24) is 10.2 Å². The molecule has 0 bridgehead atoms. The molecule has 0 aromatic rings. The molecule has 2 unspecified atom stereocenters. The monoisotopic (exact) mass is 253 g/mol. The molecular formula is C8H20N3O4P. The van der Waals surface area contributed by atoms with E-state index in [1.54, 1.807) is 0 Å². The largest absolute Gasteiger partial charge is 0.422 e. The van der Waals surface area contributed by atoms with Crippen LogP contribution < -0.4 is 11.2 Å². The molecule has 0 radical (unpaired) electrons. The fraction of sp³-hybridized carbons (Fsp3) is 0.875. The molecule has 0 aliphatic heterocycles. The highest BCUT2D eigenvalue weighted by Gasteiger charge is 2.27. The molecule has 4 N–H and O–H groups in total. The second-order valence-corrected chi connectivity index (χ2v) is 5.86. The van der Waals surface area contributed by atoms with Crippen molar-refractivity contribution in [3.63, 3.8) is 0 Å². The number of carbonyl (C=O) groups is 1. The third-order valence-electron chi connectivity index (χ3n) is 1.95. The zero-order valence-electron chi connectivity index (χ0n) is 10.0. The summed E-state index contributed by atoms with van der Waals surface area (Å²) in [6, 6.07) is -0.709. The number of nitrogens with two attached hydrogens (primary N) is 1. The van der Waals surface area contributed by atoms with Crippen molar-refractivity contribution in [2.45, 2.75) is 26.3 Å². The minimum atomic E-state index is -3.95. The Bertz CT molecular complexity index is 284. The zero-order valence-corrected chi connectivity index (χ0v) is 10.9. The lowest BCUT2D eigenvalue weighted by molar-refractivity contribution is -0.125. The number of hydrogen-bond acceptors (Lipinski definition) is 4. The molecule has 0 spiro atoms. The van der Waals surface area contributed by atoms with Crippen LogP contribution >= 0.6 is 7.75 Å². The lowest BCUT2D eigenvalue weighted by Gasteiger charge is -2.23. The predicted molar refractivity (Wildman–Crippen MR) is 60.2 cm³/mol. The van der Waals surface area contributed by atoms with Gasteiger partial charge < -0.3 is 10.6 Å². The van der Waals surface area contributed by atoms with E-state index in [0.717, 1.165) is 11.9 Å². The van der Waals surface area contributed by atoms with E-state index in [1.165, 1.54) is 7.05 Å². The molecule has 2 atom stereocenters. The molecule has 0 saturated heterocycles. The quantitative estimate of drug-likeness (QED) is 0.457. The van der Waals surface area contributed by atoms with Crippen molar-refractivity contribution in [3.05, 3.63) is 0 Å². The van der Waals surface area contributed by atoms with E-state index < -0.39 is 19.7 Å². The number of carbonyl (C=O) groups excluding carboxylic acids is 1. The normalized spacial score (nSPS) is 17.2. The topological polar surface area (TPSA) is 105 Å². The van der Waals surface area contributed by atoms with E-state index in [2.05, 4.69) is 9.95 Å². The molecule has 0 aliphatic rings. The van der Waals surface area contributed by atoms with E-state index in [4.69, 9.17) is 5.73 Å². The molecule has 0 fully saturated rings. The van der Waals surface area contributed by atoms with Gasteiger partial charge in [0, 0.05) is 14.2 Å². The molecule has 1 amide bonds. The van der Waals surface area contributed by atoms with Crippen LogP contribution in [-0.4, -0.2) is 35.8 Å². The number of hydrogen-bond donors (Lipinski definition) is 3.